The third-order valence-electron chi connectivity index (χ3n) is 5.15. The molecule has 2 aliphatic rings. The number of likely N-dealkylation sites (tertiary alicyclic amines) is 2. The van der Waals surface area contributed by atoms with Crippen molar-refractivity contribution in [2.75, 3.05) is 31.9 Å². The van der Waals surface area contributed by atoms with Gasteiger partial charge in [-0.3, -0.25) is 9.59 Å². The quantitative estimate of drug-likeness (QED) is 0.831. The first kappa shape index (κ1) is 15.7. The molecule has 7 nitrogen and oxygen atoms in total. The van der Waals surface area contributed by atoms with Gasteiger partial charge in [0.25, 0.3) is 5.91 Å². The van der Waals surface area contributed by atoms with Crippen LogP contribution in [0.25, 0.3) is 0 Å². The Bertz CT molecular complexity index is 610. The molecule has 1 spiro atoms. The van der Waals surface area contributed by atoms with Gasteiger partial charge in [0, 0.05) is 45.5 Å². The van der Waals surface area contributed by atoms with Gasteiger partial charge in [0.15, 0.2) is 11.5 Å². The van der Waals surface area contributed by atoms with Gasteiger partial charge in [-0.15, -0.1) is 0 Å². The van der Waals surface area contributed by atoms with Crippen LogP contribution in [0.4, 0.5) is 5.82 Å². The first-order chi connectivity index (χ1) is 11.0. The summed E-state index contributed by atoms with van der Waals surface area (Å²) in [4.78, 5) is 35.9. The van der Waals surface area contributed by atoms with E-state index in [0.29, 0.717) is 13.1 Å². The van der Waals surface area contributed by atoms with Gasteiger partial charge in [-0.05, 0) is 31.1 Å². The molecule has 0 atom stereocenters. The molecule has 2 aliphatic heterocycles. The lowest BCUT2D eigenvalue weighted by Gasteiger charge is -2.47. The van der Waals surface area contributed by atoms with Crippen LogP contribution in [0.5, 0.6) is 0 Å². The summed E-state index contributed by atoms with van der Waals surface area (Å²) in [6.07, 6.45) is 6.98. The van der Waals surface area contributed by atoms with Crippen molar-refractivity contribution < 1.29 is 9.59 Å². The number of amides is 2. The van der Waals surface area contributed by atoms with Gasteiger partial charge < -0.3 is 15.5 Å². The van der Waals surface area contributed by atoms with Gasteiger partial charge >= 0.3 is 0 Å². The van der Waals surface area contributed by atoms with Crippen molar-refractivity contribution in [2.45, 2.75) is 32.6 Å². The summed E-state index contributed by atoms with van der Waals surface area (Å²) in [6.45, 7) is 4.67. The molecule has 124 valence electrons. The number of aromatic nitrogens is 2. The highest BCUT2D eigenvalue weighted by molar-refractivity contribution is 5.96. The topological polar surface area (TPSA) is 92.4 Å². The molecule has 0 aliphatic carbocycles. The van der Waals surface area contributed by atoms with Crippen LogP contribution in [0, 0.1) is 5.41 Å². The average Bonchev–Trinajstić information content (AvgIpc) is 2.55. The SMILES string of the molecule is CC(=O)N1CCCC2(CCN(C(=O)c3nccnc3N)CC2)C1. The maximum Gasteiger partial charge on any atom is 0.276 e. The molecule has 2 saturated heterocycles. The van der Waals surface area contributed by atoms with E-state index < -0.39 is 0 Å². The summed E-state index contributed by atoms with van der Waals surface area (Å²) in [7, 11) is 0. The number of carbonyl (C=O) groups excluding carboxylic acids is 2. The standard InChI is InChI=1S/C16H23N5O2/c1-12(22)21-8-2-3-16(11-21)4-9-20(10-5-16)15(23)13-14(17)19-7-6-18-13/h6-7H,2-5,8-11H2,1H3,(H2,17,19). The summed E-state index contributed by atoms with van der Waals surface area (Å²) in [6, 6.07) is 0. The lowest BCUT2D eigenvalue weighted by atomic mass is 9.72. The normalized spacial score (nSPS) is 20.6. The van der Waals surface area contributed by atoms with Crippen molar-refractivity contribution in [2.24, 2.45) is 5.41 Å². The highest BCUT2D eigenvalue weighted by Gasteiger charge is 2.40. The minimum atomic E-state index is -0.148. The predicted octanol–water partition coefficient (Wildman–Crippen LogP) is 0.924. The zero-order valence-electron chi connectivity index (χ0n) is 13.5. The van der Waals surface area contributed by atoms with E-state index in [2.05, 4.69) is 9.97 Å². The number of rotatable bonds is 1. The lowest BCUT2D eigenvalue weighted by Crippen LogP contribution is -2.51. The second-order valence-electron chi connectivity index (χ2n) is 6.63. The van der Waals surface area contributed by atoms with E-state index in [9.17, 15) is 9.59 Å². The minimum Gasteiger partial charge on any atom is -0.382 e. The monoisotopic (exact) mass is 317 g/mol. The number of nitrogens with zero attached hydrogens (tertiary/aromatic N) is 4. The molecule has 2 N–H and O–H groups in total. The van der Waals surface area contributed by atoms with Gasteiger partial charge in [-0.1, -0.05) is 0 Å². The van der Waals surface area contributed by atoms with Crippen LogP contribution in [0.2, 0.25) is 0 Å². The average molecular weight is 317 g/mol. The Morgan fingerprint density at radius 1 is 1.09 bits per heavy atom. The Morgan fingerprint density at radius 2 is 1.78 bits per heavy atom. The molecule has 2 fully saturated rings. The van der Waals surface area contributed by atoms with Crippen LogP contribution >= 0.6 is 0 Å². The number of nitrogen functional groups attached to an aromatic ring is 1. The van der Waals surface area contributed by atoms with E-state index in [4.69, 9.17) is 5.73 Å². The Morgan fingerprint density at radius 3 is 2.43 bits per heavy atom. The molecule has 1 aromatic heterocycles. The van der Waals surface area contributed by atoms with Crippen LogP contribution in [0.15, 0.2) is 12.4 Å². The van der Waals surface area contributed by atoms with Crippen LogP contribution in [0.3, 0.4) is 0 Å². The van der Waals surface area contributed by atoms with Crippen molar-refractivity contribution in [3.63, 3.8) is 0 Å². The third-order valence-corrected chi connectivity index (χ3v) is 5.15. The second kappa shape index (κ2) is 6.14. The molecular weight excluding hydrogens is 294 g/mol. The molecule has 23 heavy (non-hydrogen) atoms. The number of anilines is 1. The zero-order valence-corrected chi connectivity index (χ0v) is 13.5. The van der Waals surface area contributed by atoms with E-state index in [1.807, 2.05) is 4.90 Å². The lowest BCUT2D eigenvalue weighted by molar-refractivity contribution is -0.133. The molecule has 3 rings (SSSR count). The molecule has 0 unspecified atom stereocenters. The number of nitrogens with two attached hydrogens (primary N) is 1. The van der Waals surface area contributed by atoms with E-state index in [-0.39, 0.29) is 28.7 Å². The smallest absolute Gasteiger partial charge is 0.276 e. The fourth-order valence-electron chi connectivity index (χ4n) is 3.73. The molecule has 0 bridgehead atoms. The van der Waals surface area contributed by atoms with E-state index >= 15 is 0 Å². The Kier molecular flexibility index (Phi) is 4.19. The second-order valence-corrected chi connectivity index (χ2v) is 6.63. The first-order valence-corrected chi connectivity index (χ1v) is 8.12. The van der Waals surface area contributed by atoms with Gasteiger partial charge in [0.2, 0.25) is 5.91 Å². The van der Waals surface area contributed by atoms with Crippen LogP contribution in [-0.2, 0) is 4.79 Å². The Balaban J connectivity index is 1.65. The molecule has 3 heterocycles. The Hall–Kier alpha value is -2.18. The highest BCUT2D eigenvalue weighted by atomic mass is 16.2. The largest absolute Gasteiger partial charge is 0.382 e. The van der Waals surface area contributed by atoms with E-state index in [1.165, 1.54) is 12.4 Å². The minimum absolute atomic E-state index is 0.148. The summed E-state index contributed by atoms with van der Waals surface area (Å²) in [5.41, 5.74) is 6.15. The molecule has 1 aromatic rings. The van der Waals surface area contributed by atoms with Gasteiger partial charge in [0.1, 0.15) is 0 Å². The summed E-state index contributed by atoms with van der Waals surface area (Å²) < 4.78 is 0. The molecule has 0 radical (unpaired) electrons. The summed E-state index contributed by atoms with van der Waals surface area (Å²) in [5, 5.41) is 0. The van der Waals surface area contributed by atoms with Crippen molar-refractivity contribution in [1.82, 2.24) is 19.8 Å². The molecular formula is C16H23N5O2. The van der Waals surface area contributed by atoms with Crippen LogP contribution in [0.1, 0.15) is 43.1 Å². The van der Waals surface area contributed by atoms with Crippen molar-refractivity contribution in [3.8, 4) is 0 Å². The molecule has 7 heteroatoms. The van der Waals surface area contributed by atoms with Crippen LogP contribution in [-0.4, -0.2) is 57.8 Å². The first-order valence-electron chi connectivity index (χ1n) is 8.12. The summed E-state index contributed by atoms with van der Waals surface area (Å²) in [5.74, 6) is 0.179. The predicted molar refractivity (Wildman–Crippen MR) is 85.5 cm³/mol. The van der Waals surface area contributed by atoms with Crippen molar-refractivity contribution in [3.05, 3.63) is 18.1 Å². The fraction of sp³-hybridized carbons (Fsp3) is 0.625. The van der Waals surface area contributed by atoms with E-state index in [0.717, 1.165) is 38.8 Å². The summed E-state index contributed by atoms with van der Waals surface area (Å²) >= 11 is 0. The molecule has 2 amide bonds. The number of hydrogen-bond acceptors (Lipinski definition) is 5. The number of hydrogen-bond donors (Lipinski definition) is 1. The third kappa shape index (κ3) is 3.13. The Labute approximate surface area is 135 Å². The van der Waals surface area contributed by atoms with E-state index in [1.54, 1.807) is 11.8 Å². The molecule has 0 saturated carbocycles. The number of carbonyl (C=O) groups is 2. The van der Waals surface area contributed by atoms with Crippen molar-refractivity contribution in [1.29, 1.82) is 0 Å². The van der Waals surface area contributed by atoms with Crippen molar-refractivity contribution >= 4 is 17.6 Å². The maximum absolute atomic E-state index is 12.5. The van der Waals surface area contributed by atoms with Gasteiger partial charge in [-0.25, -0.2) is 9.97 Å². The number of piperidine rings is 2. The van der Waals surface area contributed by atoms with Crippen LogP contribution < -0.4 is 5.73 Å². The highest BCUT2D eigenvalue weighted by Crippen LogP contribution is 2.40. The van der Waals surface area contributed by atoms with Gasteiger partial charge in [-0.2, -0.15) is 0 Å². The molecule has 0 aromatic carbocycles. The van der Waals surface area contributed by atoms with Gasteiger partial charge in [0.05, 0.1) is 0 Å². The maximum atomic E-state index is 12.5. The fourth-order valence-corrected chi connectivity index (χ4v) is 3.73. The zero-order chi connectivity index (χ0) is 16.4.